The van der Waals surface area contributed by atoms with Gasteiger partial charge < -0.3 is 0 Å². The maximum absolute atomic E-state index is 5.07. The largest absolute Gasteiger partial charge is 0.248 e. The standard InChI is InChI=1S/2C33H29N.C31H27N3.C27H25N/c1-33(2,3)30-16-10-15-28(21-30)29-22-31(26-13-8-5-9-14-26)34-32(23-29)27-19-17-25(18-20-27)24-11-6-4-7-12-24;1-33(2,3)30-20-18-26(19-21-30)29-22-31(27-12-8-5-9-13-27)34-32(23-29)28-16-14-25(15-17-28)24-10-6-4-7-11-24;1-31(2,3)30-33-28(26-18-14-24(15-19-26)22-10-6-4-7-11-22)32-29(34-30)27-20-16-25(17-21-27)23-12-8-5-9-13-23;1-27(2,3)24-18-25(22-12-8-5-9-13-22)28-26(19-24)23-16-14-21(15-17-23)20-10-6-4-7-11-20/h2*4-23H,1-3H3;4-21H,1-3H3;4-19H,1-3H3. The fourth-order valence-electron chi connectivity index (χ4n) is 15.6. The fraction of sp³-hybridized carbons (Fsp3) is 0.129. The van der Waals surface area contributed by atoms with Crippen molar-refractivity contribution in [3.8, 4) is 168 Å². The first-order valence-electron chi connectivity index (χ1n) is 44.9. The lowest BCUT2D eigenvalue weighted by atomic mass is 9.85. The van der Waals surface area contributed by atoms with Crippen LogP contribution in [0.15, 0.2) is 449 Å². The first-order chi connectivity index (χ1) is 62.9. The molecule has 130 heavy (non-hydrogen) atoms. The van der Waals surface area contributed by atoms with E-state index in [1.165, 1.54) is 94.6 Å². The average molecular weight is 1680 g/mol. The maximum Gasteiger partial charge on any atom is 0.163 e. The van der Waals surface area contributed by atoms with E-state index in [0.29, 0.717) is 11.6 Å². The predicted molar refractivity (Wildman–Crippen MR) is 549 cm³/mol. The van der Waals surface area contributed by atoms with Gasteiger partial charge in [-0.05, 0) is 147 Å². The highest BCUT2D eigenvalue weighted by atomic mass is 15.0. The molecule has 0 N–H and O–H groups in total. The summed E-state index contributed by atoms with van der Waals surface area (Å²) in [6.07, 6.45) is 0. The molecule has 4 heterocycles. The monoisotopic (exact) mass is 1680 g/mol. The summed E-state index contributed by atoms with van der Waals surface area (Å²) in [5.74, 6) is 2.18. The zero-order valence-corrected chi connectivity index (χ0v) is 76.4. The van der Waals surface area contributed by atoms with Gasteiger partial charge in [0, 0.05) is 49.9 Å². The summed E-state index contributed by atoms with van der Waals surface area (Å²) >= 11 is 0. The summed E-state index contributed by atoms with van der Waals surface area (Å²) in [6.45, 7) is 26.7. The minimum Gasteiger partial charge on any atom is -0.248 e. The molecule has 0 fully saturated rings. The normalized spacial score (nSPS) is 11.4. The predicted octanol–water partition coefficient (Wildman–Crippen LogP) is 33.3. The molecule has 0 unspecified atom stereocenters. The van der Waals surface area contributed by atoms with Crippen LogP contribution in [0.2, 0.25) is 0 Å². The molecule has 0 atom stereocenters. The molecule has 6 nitrogen and oxygen atoms in total. The Balaban J connectivity index is 0.000000127. The van der Waals surface area contributed by atoms with Crippen molar-refractivity contribution in [1.82, 2.24) is 29.9 Å². The van der Waals surface area contributed by atoms with E-state index in [2.05, 4.69) is 483 Å². The highest BCUT2D eigenvalue weighted by molar-refractivity contribution is 5.82. The molecular formula is C124H110N6. The third-order valence-corrected chi connectivity index (χ3v) is 23.4. The van der Waals surface area contributed by atoms with E-state index < -0.39 is 0 Å². The van der Waals surface area contributed by atoms with E-state index in [4.69, 9.17) is 29.9 Å². The SMILES string of the molecule is CC(C)(C)c1cc(-c2ccccc2)nc(-c2ccc(-c3ccccc3)cc2)c1.CC(C)(C)c1ccc(-c2cc(-c3ccccc3)nc(-c3ccc(-c4ccccc4)cc3)c2)cc1.CC(C)(C)c1cccc(-c2cc(-c3ccccc3)nc(-c3ccc(-c4ccccc4)cc3)c2)c1.CC(C)(C)c1nc(-c2ccc(-c3ccccc3)cc2)nc(-c2ccc(-c3ccccc3)cc2)n1. The Hall–Kier alpha value is -15.2. The van der Waals surface area contributed by atoms with E-state index >= 15 is 0 Å². The van der Waals surface area contributed by atoms with Crippen molar-refractivity contribution in [1.29, 1.82) is 0 Å². The summed E-state index contributed by atoms with van der Waals surface area (Å²) in [5, 5.41) is 0. The Morgan fingerprint density at radius 3 is 0.585 bits per heavy atom. The molecule has 6 heteroatoms. The lowest BCUT2D eigenvalue weighted by Gasteiger charge is -2.21. The highest BCUT2D eigenvalue weighted by Gasteiger charge is 2.24. The molecule has 19 aromatic rings. The smallest absolute Gasteiger partial charge is 0.163 e. The van der Waals surface area contributed by atoms with Crippen molar-refractivity contribution in [3.63, 3.8) is 0 Å². The second-order valence-electron chi connectivity index (χ2n) is 37.2. The van der Waals surface area contributed by atoms with Gasteiger partial charge in [0.15, 0.2) is 11.6 Å². The van der Waals surface area contributed by atoms with Crippen LogP contribution >= 0.6 is 0 Å². The van der Waals surface area contributed by atoms with Gasteiger partial charge in [-0.15, -0.1) is 0 Å². The molecule has 0 aliphatic carbocycles. The number of nitrogens with zero attached hydrogens (tertiary/aromatic N) is 6. The molecule has 0 radical (unpaired) electrons. The minimum absolute atomic E-state index is 0.0607. The molecule has 0 saturated carbocycles. The van der Waals surface area contributed by atoms with Crippen LogP contribution < -0.4 is 0 Å². The van der Waals surface area contributed by atoms with Crippen LogP contribution in [0.1, 0.15) is 106 Å². The number of hydrogen-bond acceptors (Lipinski definition) is 6. The molecule has 0 aliphatic heterocycles. The van der Waals surface area contributed by atoms with Gasteiger partial charge in [0.2, 0.25) is 0 Å². The molecule has 19 rings (SSSR count). The molecule has 0 saturated heterocycles. The van der Waals surface area contributed by atoms with E-state index in [1.807, 2.05) is 48.5 Å². The lowest BCUT2D eigenvalue weighted by molar-refractivity contribution is 0.543. The molecule has 636 valence electrons. The maximum atomic E-state index is 5.07. The Labute approximate surface area is 769 Å². The summed E-state index contributed by atoms with van der Waals surface area (Å²) in [4.78, 5) is 29.7. The number of hydrogen-bond donors (Lipinski definition) is 0. The number of benzene rings is 15. The fourth-order valence-corrected chi connectivity index (χ4v) is 15.6. The zero-order chi connectivity index (χ0) is 90.2. The second-order valence-corrected chi connectivity index (χ2v) is 37.2. The van der Waals surface area contributed by atoms with Gasteiger partial charge in [0.05, 0.1) is 34.2 Å². The van der Waals surface area contributed by atoms with Gasteiger partial charge in [0.25, 0.3) is 0 Å². The Bertz CT molecular complexity index is 6810. The number of aromatic nitrogens is 6. The van der Waals surface area contributed by atoms with Crippen molar-refractivity contribution in [2.75, 3.05) is 0 Å². The van der Waals surface area contributed by atoms with E-state index in [9.17, 15) is 0 Å². The van der Waals surface area contributed by atoms with E-state index in [-0.39, 0.29) is 21.7 Å². The molecule has 0 amide bonds. The first kappa shape index (κ1) is 88.2. The van der Waals surface area contributed by atoms with Crippen molar-refractivity contribution in [2.24, 2.45) is 0 Å². The van der Waals surface area contributed by atoms with Gasteiger partial charge in [-0.1, -0.05) is 496 Å². The van der Waals surface area contributed by atoms with E-state index in [1.54, 1.807) is 0 Å². The zero-order valence-electron chi connectivity index (χ0n) is 76.4. The van der Waals surface area contributed by atoms with Crippen LogP contribution in [0.25, 0.3) is 168 Å². The molecule has 4 aromatic heterocycles. The van der Waals surface area contributed by atoms with Crippen molar-refractivity contribution in [2.45, 2.75) is 105 Å². The third kappa shape index (κ3) is 22.4. The van der Waals surface area contributed by atoms with Gasteiger partial charge in [-0.25, -0.2) is 29.9 Å². The van der Waals surface area contributed by atoms with Crippen LogP contribution in [0.4, 0.5) is 0 Å². The van der Waals surface area contributed by atoms with Crippen LogP contribution in [0, 0.1) is 0 Å². The summed E-state index contributed by atoms with van der Waals surface area (Å²) in [5.41, 5.74) is 35.6. The minimum atomic E-state index is -0.194. The number of pyridine rings is 3. The van der Waals surface area contributed by atoms with Crippen LogP contribution in [-0.2, 0) is 21.7 Å². The van der Waals surface area contributed by atoms with Gasteiger partial charge >= 0.3 is 0 Å². The molecule has 0 aliphatic rings. The summed E-state index contributed by atoms with van der Waals surface area (Å²) in [6, 6.07) is 158. The van der Waals surface area contributed by atoms with Gasteiger partial charge in [-0.2, -0.15) is 0 Å². The third-order valence-electron chi connectivity index (χ3n) is 23.4. The quantitative estimate of drug-likeness (QED) is 0.102. The second kappa shape index (κ2) is 39.7. The highest BCUT2D eigenvalue weighted by Crippen LogP contribution is 2.39. The Kier molecular flexibility index (Phi) is 27.0. The van der Waals surface area contributed by atoms with Crippen molar-refractivity contribution < 1.29 is 0 Å². The van der Waals surface area contributed by atoms with E-state index in [0.717, 1.165) is 84.5 Å². The molecule has 0 bridgehead atoms. The average Bonchev–Trinajstić information content (AvgIpc) is 0.782. The molecular weight excluding hydrogens is 1570 g/mol. The molecule has 0 spiro atoms. The summed E-state index contributed by atoms with van der Waals surface area (Å²) < 4.78 is 0. The topological polar surface area (TPSA) is 77.3 Å². The first-order valence-corrected chi connectivity index (χ1v) is 44.9. The lowest BCUT2D eigenvalue weighted by Crippen LogP contribution is -2.18. The van der Waals surface area contributed by atoms with Crippen molar-refractivity contribution in [3.05, 3.63) is 471 Å². The van der Waals surface area contributed by atoms with Crippen LogP contribution in [0.3, 0.4) is 0 Å². The Morgan fingerprint density at radius 2 is 0.323 bits per heavy atom. The number of rotatable bonds is 15. The van der Waals surface area contributed by atoms with Crippen LogP contribution in [0.5, 0.6) is 0 Å². The summed E-state index contributed by atoms with van der Waals surface area (Å²) in [7, 11) is 0. The Morgan fingerprint density at radius 1 is 0.123 bits per heavy atom. The van der Waals surface area contributed by atoms with Crippen molar-refractivity contribution >= 4 is 0 Å². The van der Waals surface area contributed by atoms with Gasteiger partial charge in [0.1, 0.15) is 5.82 Å². The van der Waals surface area contributed by atoms with Crippen LogP contribution in [-0.4, -0.2) is 29.9 Å². The molecule has 15 aromatic carbocycles. The van der Waals surface area contributed by atoms with Gasteiger partial charge in [-0.3, -0.25) is 0 Å².